The standard InChI is InChI=1S/C14H17ClFNO3/c1-4-8-14(2,13(19)20-3)17-12(18)11-9(15)6-5-7-10(11)16/h5-7H,4,8H2,1-3H3,(H,17,18). The molecule has 0 spiro atoms. The van der Waals surface area contributed by atoms with E-state index in [0.717, 1.165) is 6.07 Å². The molecule has 1 unspecified atom stereocenters. The Balaban J connectivity index is 3.06. The second kappa shape index (κ2) is 6.70. The molecule has 0 saturated carbocycles. The molecule has 0 saturated heterocycles. The number of ether oxygens (including phenoxy) is 1. The Kier molecular flexibility index (Phi) is 5.51. The number of benzene rings is 1. The van der Waals surface area contributed by atoms with E-state index in [-0.39, 0.29) is 10.6 Å². The molecule has 1 amide bonds. The molecular formula is C14H17ClFNO3. The average Bonchev–Trinajstić information content (AvgIpc) is 2.37. The molecule has 0 heterocycles. The van der Waals surface area contributed by atoms with Gasteiger partial charge in [-0.05, 0) is 25.5 Å². The van der Waals surface area contributed by atoms with Gasteiger partial charge in [0.15, 0.2) is 0 Å². The van der Waals surface area contributed by atoms with Crippen LogP contribution in [-0.2, 0) is 9.53 Å². The minimum absolute atomic E-state index is 0.00813. The molecule has 1 N–H and O–H groups in total. The van der Waals surface area contributed by atoms with Crippen LogP contribution in [0.3, 0.4) is 0 Å². The zero-order valence-corrected chi connectivity index (χ0v) is 12.4. The molecular weight excluding hydrogens is 285 g/mol. The van der Waals surface area contributed by atoms with Crippen LogP contribution in [0.25, 0.3) is 0 Å². The number of amides is 1. The van der Waals surface area contributed by atoms with Crippen LogP contribution in [0.1, 0.15) is 37.0 Å². The zero-order chi connectivity index (χ0) is 15.3. The highest BCUT2D eigenvalue weighted by Crippen LogP contribution is 2.21. The van der Waals surface area contributed by atoms with Gasteiger partial charge in [0.05, 0.1) is 17.7 Å². The molecule has 0 aliphatic carbocycles. The van der Waals surface area contributed by atoms with Gasteiger partial charge in [-0.25, -0.2) is 9.18 Å². The van der Waals surface area contributed by atoms with Gasteiger partial charge in [0, 0.05) is 0 Å². The number of carbonyl (C=O) groups excluding carboxylic acids is 2. The van der Waals surface area contributed by atoms with Gasteiger partial charge in [-0.1, -0.05) is 31.0 Å². The van der Waals surface area contributed by atoms with Gasteiger partial charge >= 0.3 is 5.97 Å². The van der Waals surface area contributed by atoms with Crippen LogP contribution in [0.15, 0.2) is 18.2 Å². The first-order valence-corrected chi connectivity index (χ1v) is 6.58. The summed E-state index contributed by atoms with van der Waals surface area (Å²) >= 11 is 5.83. The molecule has 1 aromatic carbocycles. The first-order chi connectivity index (χ1) is 9.35. The summed E-state index contributed by atoms with van der Waals surface area (Å²) in [5.74, 6) is -2.06. The van der Waals surface area contributed by atoms with E-state index in [4.69, 9.17) is 11.6 Å². The first-order valence-electron chi connectivity index (χ1n) is 6.20. The molecule has 4 nitrogen and oxygen atoms in total. The fourth-order valence-corrected chi connectivity index (χ4v) is 2.22. The average molecular weight is 302 g/mol. The maximum atomic E-state index is 13.7. The van der Waals surface area contributed by atoms with E-state index >= 15 is 0 Å². The summed E-state index contributed by atoms with van der Waals surface area (Å²) in [4.78, 5) is 24.0. The van der Waals surface area contributed by atoms with Crippen LogP contribution >= 0.6 is 11.6 Å². The zero-order valence-electron chi connectivity index (χ0n) is 11.6. The number of hydrogen-bond acceptors (Lipinski definition) is 3. The monoisotopic (exact) mass is 301 g/mol. The molecule has 1 rings (SSSR count). The maximum Gasteiger partial charge on any atom is 0.331 e. The summed E-state index contributed by atoms with van der Waals surface area (Å²) < 4.78 is 18.4. The highest BCUT2D eigenvalue weighted by atomic mass is 35.5. The fraction of sp³-hybridized carbons (Fsp3) is 0.429. The fourth-order valence-electron chi connectivity index (χ4n) is 1.97. The molecule has 0 fully saturated rings. The number of halogens is 2. The molecule has 0 aliphatic heterocycles. The van der Waals surface area contributed by atoms with Gasteiger partial charge < -0.3 is 10.1 Å². The van der Waals surface area contributed by atoms with Crippen molar-refractivity contribution in [3.63, 3.8) is 0 Å². The SMILES string of the molecule is CCCC(C)(NC(=O)c1c(F)cccc1Cl)C(=O)OC. The third kappa shape index (κ3) is 3.48. The lowest BCUT2D eigenvalue weighted by Crippen LogP contribution is -2.52. The predicted octanol–water partition coefficient (Wildman–Crippen LogP) is 2.94. The number of methoxy groups -OCH3 is 1. The highest BCUT2D eigenvalue weighted by molar-refractivity contribution is 6.33. The Labute approximate surface area is 122 Å². The van der Waals surface area contributed by atoms with Crippen LogP contribution in [0.5, 0.6) is 0 Å². The molecule has 6 heteroatoms. The number of nitrogens with one attached hydrogen (secondary N) is 1. The van der Waals surface area contributed by atoms with Gasteiger partial charge in [-0.2, -0.15) is 0 Å². The summed E-state index contributed by atoms with van der Waals surface area (Å²) in [6.07, 6.45) is 1.02. The quantitative estimate of drug-likeness (QED) is 0.851. The topological polar surface area (TPSA) is 55.4 Å². The molecule has 1 atom stereocenters. The number of esters is 1. The Hall–Kier alpha value is -1.62. The molecule has 1 aromatic rings. The van der Waals surface area contributed by atoms with Crippen LogP contribution in [0.4, 0.5) is 4.39 Å². The molecule has 110 valence electrons. The smallest absolute Gasteiger partial charge is 0.331 e. The van der Waals surface area contributed by atoms with Crippen LogP contribution < -0.4 is 5.32 Å². The van der Waals surface area contributed by atoms with E-state index < -0.39 is 23.2 Å². The lowest BCUT2D eigenvalue weighted by atomic mass is 9.95. The second-order valence-corrected chi connectivity index (χ2v) is 5.03. The largest absolute Gasteiger partial charge is 0.467 e. The van der Waals surface area contributed by atoms with Crippen molar-refractivity contribution in [2.45, 2.75) is 32.2 Å². The van der Waals surface area contributed by atoms with Gasteiger partial charge in [0.2, 0.25) is 0 Å². The van der Waals surface area contributed by atoms with Crippen LogP contribution in [0, 0.1) is 5.82 Å². The summed E-state index contributed by atoms with van der Waals surface area (Å²) in [6.45, 7) is 3.40. The summed E-state index contributed by atoms with van der Waals surface area (Å²) in [5.41, 5.74) is -1.49. The van der Waals surface area contributed by atoms with E-state index in [2.05, 4.69) is 10.1 Å². The number of hydrogen-bond donors (Lipinski definition) is 1. The van der Waals surface area contributed by atoms with Gasteiger partial charge in [-0.15, -0.1) is 0 Å². The third-order valence-corrected chi connectivity index (χ3v) is 3.28. The number of rotatable bonds is 5. The maximum absolute atomic E-state index is 13.7. The predicted molar refractivity (Wildman–Crippen MR) is 74.2 cm³/mol. The van der Waals surface area contributed by atoms with Crippen molar-refractivity contribution in [1.82, 2.24) is 5.32 Å². The van der Waals surface area contributed by atoms with Crippen LogP contribution in [-0.4, -0.2) is 24.5 Å². The van der Waals surface area contributed by atoms with Crippen molar-refractivity contribution in [2.24, 2.45) is 0 Å². The van der Waals surface area contributed by atoms with E-state index in [1.54, 1.807) is 0 Å². The van der Waals surface area contributed by atoms with E-state index in [1.807, 2.05) is 6.92 Å². The highest BCUT2D eigenvalue weighted by Gasteiger charge is 2.36. The lowest BCUT2D eigenvalue weighted by molar-refractivity contribution is -0.147. The minimum Gasteiger partial charge on any atom is -0.467 e. The Morgan fingerprint density at radius 2 is 2.10 bits per heavy atom. The molecule has 0 aromatic heterocycles. The summed E-state index contributed by atoms with van der Waals surface area (Å²) in [7, 11) is 1.23. The van der Waals surface area contributed by atoms with Crippen molar-refractivity contribution >= 4 is 23.5 Å². The first kappa shape index (κ1) is 16.4. The molecule has 20 heavy (non-hydrogen) atoms. The second-order valence-electron chi connectivity index (χ2n) is 4.62. The van der Waals surface area contributed by atoms with Crippen molar-refractivity contribution < 1.29 is 18.7 Å². The molecule has 0 bridgehead atoms. The summed E-state index contributed by atoms with van der Waals surface area (Å²) in [5, 5.41) is 2.50. The normalized spacial score (nSPS) is 13.4. The van der Waals surface area contributed by atoms with E-state index in [9.17, 15) is 14.0 Å². The van der Waals surface area contributed by atoms with Crippen molar-refractivity contribution in [1.29, 1.82) is 0 Å². The van der Waals surface area contributed by atoms with Crippen molar-refractivity contribution in [3.05, 3.63) is 34.6 Å². The van der Waals surface area contributed by atoms with Crippen molar-refractivity contribution in [2.75, 3.05) is 7.11 Å². The van der Waals surface area contributed by atoms with Gasteiger partial charge in [0.1, 0.15) is 11.4 Å². The van der Waals surface area contributed by atoms with E-state index in [1.165, 1.54) is 26.2 Å². The minimum atomic E-state index is -1.22. The van der Waals surface area contributed by atoms with Crippen molar-refractivity contribution in [3.8, 4) is 0 Å². The third-order valence-electron chi connectivity index (χ3n) is 2.97. The van der Waals surface area contributed by atoms with Crippen LogP contribution in [0.2, 0.25) is 5.02 Å². The Bertz CT molecular complexity index is 501. The lowest BCUT2D eigenvalue weighted by Gasteiger charge is -2.27. The molecule has 0 radical (unpaired) electrons. The number of carbonyl (C=O) groups is 2. The van der Waals surface area contributed by atoms with Gasteiger partial charge in [0.25, 0.3) is 5.91 Å². The Morgan fingerprint density at radius 3 is 2.60 bits per heavy atom. The Morgan fingerprint density at radius 1 is 1.45 bits per heavy atom. The van der Waals surface area contributed by atoms with Gasteiger partial charge in [-0.3, -0.25) is 4.79 Å². The van der Waals surface area contributed by atoms with E-state index in [0.29, 0.717) is 12.8 Å². The summed E-state index contributed by atoms with van der Waals surface area (Å²) in [6, 6.07) is 3.95. The molecule has 0 aliphatic rings.